The van der Waals surface area contributed by atoms with E-state index in [-0.39, 0.29) is 25.2 Å². The van der Waals surface area contributed by atoms with Crippen LogP contribution in [0.15, 0.2) is 30.3 Å². The van der Waals surface area contributed by atoms with Crippen molar-refractivity contribution in [3.8, 4) is 0 Å². The first-order chi connectivity index (χ1) is 11.4. The lowest BCUT2D eigenvalue weighted by Crippen LogP contribution is -2.52. The van der Waals surface area contributed by atoms with E-state index in [9.17, 15) is 14.7 Å². The molecule has 132 valence electrons. The van der Waals surface area contributed by atoms with Crippen molar-refractivity contribution in [2.24, 2.45) is 11.7 Å². The summed E-state index contributed by atoms with van der Waals surface area (Å²) in [4.78, 5) is 22.6. The Bertz CT molecular complexity index is 559. The number of alkyl carbamates (subject to hydrolysis) is 1. The largest absolute Gasteiger partial charge is 0.446 e. The summed E-state index contributed by atoms with van der Waals surface area (Å²) in [5.74, 6) is 0.251. The zero-order valence-corrected chi connectivity index (χ0v) is 13.7. The highest BCUT2D eigenvalue weighted by Gasteiger charge is 2.38. The highest BCUT2D eigenvalue weighted by molar-refractivity contribution is 5.68. The molecule has 0 aromatic heterocycles. The number of carbonyl (C=O) groups is 2. The van der Waals surface area contributed by atoms with E-state index in [1.165, 1.54) is 0 Å². The molecular weight excluding hydrogens is 312 g/mol. The Morgan fingerprint density at radius 1 is 1.33 bits per heavy atom. The molecule has 0 spiro atoms. The number of ether oxygens (including phenoxy) is 2. The van der Waals surface area contributed by atoms with Crippen molar-refractivity contribution in [1.82, 2.24) is 5.32 Å². The SMILES string of the molecule is C[C@](CO)(CC1CC(OC(N)=O)C1)NC(=O)OCc1ccccc1. The Morgan fingerprint density at radius 3 is 2.58 bits per heavy atom. The zero-order chi connectivity index (χ0) is 17.6. The van der Waals surface area contributed by atoms with Gasteiger partial charge in [0.25, 0.3) is 0 Å². The smallest absolute Gasteiger partial charge is 0.407 e. The van der Waals surface area contributed by atoms with Crippen molar-refractivity contribution < 1.29 is 24.2 Å². The van der Waals surface area contributed by atoms with Gasteiger partial charge in [0.05, 0.1) is 12.1 Å². The topological polar surface area (TPSA) is 111 Å². The Labute approximate surface area is 141 Å². The molecule has 0 bridgehead atoms. The van der Waals surface area contributed by atoms with E-state index < -0.39 is 17.7 Å². The van der Waals surface area contributed by atoms with Gasteiger partial charge in [-0.05, 0) is 37.7 Å². The molecular formula is C17H24N2O5. The number of aliphatic hydroxyl groups excluding tert-OH is 1. The number of primary amides is 1. The molecule has 1 saturated carbocycles. The minimum atomic E-state index is -0.782. The van der Waals surface area contributed by atoms with Crippen LogP contribution in [0.5, 0.6) is 0 Å². The lowest BCUT2D eigenvalue weighted by Gasteiger charge is -2.39. The van der Waals surface area contributed by atoms with Crippen molar-refractivity contribution in [1.29, 1.82) is 0 Å². The summed E-state index contributed by atoms with van der Waals surface area (Å²) in [6.45, 7) is 1.73. The summed E-state index contributed by atoms with van der Waals surface area (Å²) >= 11 is 0. The van der Waals surface area contributed by atoms with Gasteiger partial charge in [0.1, 0.15) is 12.7 Å². The maximum absolute atomic E-state index is 12.0. The van der Waals surface area contributed by atoms with Crippen LogP contribution in [0.1, 0.15) is 31.7 Å². The van der Waals surface area contributed by atoms with E-state index in [0.29, 0.717) is 19.3 Å². The van der Waals surface area contributed by atoms with Gasteiger partial charge in [-0.1, -0.05) is 30.3 Å². The number of carbonyl (C=O) groups excluding carboxylic acids is 2. The Hall–Kier alpha value is -2.28. The fraction of sp³-hybridized carbons (Fsp3) is 0.529. The molecule has 7 heteroatoms. The minimum Gasteiger partial charge on any atom is -0.446 e. The summed E-state index contributed by atoms with van der Waals surface area (Å²) in [5.41, 5.74) is 5.08. The number of amides is 2. The van der Waals surface area contributed by atoms with Crippen LogP contribution in [0.4, 0.5) is 9.59 Å². The number of aliphatic hydroxyl groups is 1. The minimum absolute atomic E-state index is 0.166. The fourth-order valence-corrected chi connectivity index (χ4v) is 2.90. The van der Waals surface area contributed by atoms with Gasteiger partial charge in [-0.2, -0.15) is 0 Å². The molecule has 4 N–H and O–H groups in total. The van der Waals surface area contributed by atoms with Gasteiger partial charge in [-0.25, -0.2) is 9.59 Å². The molecule has 1 aliphatic rings. The van der Waals surface area contributed by atoms with Crippen LogP contribution < -0.4 is 11.1 Å². The highest BCUT2D eigenvalue weighted by Crippen LogP contribution is 2.36. The maximum Gasteiger partial charge on any atom is 0.407 e. The van der Waals surface area contributed by atoms with Gasteiger partial charge in [0.2, 0.25) is 0 Å². The molecule has 0 heterocycles. The van der Waals surface area contributed by atoms with Crippen molar-refractivity contribution >= 4 is 12.2 Å². The van der Waals surface area contributed by atoms with Crippen molar-refractivity contribution in [3.63, 3.8) is 0 Å². The number of nitrogens with two attached hydrogens (primary N) is 1. The number of nitrogens with one attached hydrogen (secondary N) is 1. The molecule has 1 aromatic carbocycles. The molecule has 1 aliphatic carbocycles. The summed E-state index contributed by atoms with van der Waals surface area (Å²) in [5, 5.41) is 12.3. The van der Waals surface area contributed by atoms with Crippen LogP contribution >= 0.6 is 0 Å². The Morgan fingerprint density at radius 2 is 2.00 bits per heavy atom. The second-order valence-electron chi connectivity index (χ2n) is 6.51. The van der Waals surface area contributed by atoms with Gasteiger partial charge in [-0.15, -0.1) is 0 Å². The molecule has 1 aromatic rings. The summed E-state index contributed by atoms with van der Waals surface area (Å²) in [6.07, 6.45) is 0.423. The van der Waals surface area contributed by atoms with Gasteiger partial charge >= 0.3 is 12.2 Å². The predicted octanol–water partition coefficient (Wildman–Crippen LogP) is 1.93. The normalized spacial score (nSPS) is 21.9. The summed E-state index contributed by atoms with van der Waals surface area (Å²) in [6, 6.07) is 9.36. The summed E-state index contributed by atoms with van der Waals surface area (Å²) < 4.78 is 10.1. The molecule has 0 radical (unpaired) electrons. The zero-order valence-electron chi connectivity index (χ0n) is 13.7. The third-order valence-corrected chi connectivity index (χ3v) is 4.18. The van der Waals surface area contributed by atoms with Gasteiger partial charge in [-0.3, -0.25) is 0 Å². The van der Waals surface area contributed by atoms with Crippen molar-refractivity contribution in [2.45, 2.75) is 44.4 Å². The standard InChI is InChI=1S/C17H24N2O5/c1-17(11-20,9-13-7-14(8-13)24-15(18)21)19-16(22)23-10-12-5-3-2-4-6-12/h2-6,13-14,20H,7-11H2,1H3,(H2,18,21)(H,19,22)/t13?,14?,17-/m1/s1. The Kier molecular flexibility index (Phi) is 6.03. The Balaban J connectivity index is 1.75. The molecule has 24 heavy (non-hydrogen) atoms. The molecule has 2 rings (SSSR count). The average molecular weight is 336 g/mol. The monoisotopic (exact) mass is 336 g/mol. The molecule has 0 unspecified atom stereocenters. The number of hydrogen-bond donors (Lipinski definition) is 3. The molecule has 0 aliphatic heterocycles. The van der Waals surface area contributed by atoms with Crippen molar-refractivity contribution in [2.75, 3.05) is 6.61 Å². The number of benzene rings is 1. The lowest BCUT2D eigenvalue weighted by molar-refractivity contribution is 0.00416. The lowest BCUT2D eigenvalue weighted by atomic mass is 9.75. The van der Waals surface area contributed by atoms with E-state index in [2.05, 4.69) is 5.32 Å². The van der Waals surface area contributed by atoms with E-state index in [4.69, 9.17) is 15.2 Å². The van der Waals surface area contributed by atoms with Crippen LogP contribution in [0.3, 0.4) is 0 Å². The second kappa shape index (κ2) is 8.01. The molecule has 2 amide bonds. The molecule has 0 saturated heterocycles. The van der Waals surface area contributed by atoms with Crippen LogP contribution in [-0.4, -0.2) is 35.5 Å². The molecule has 1 fully saturated rings. The van der Waals surface area contributed by atoms with Crippen molar-refractivity contribution in [3.05, 3.63) is 35.9 Å². The first kappa shape index (κ1) is 18.1. The van der Waals surface area contributed by atoms with E-state index >= 15 is 0 Å². The first-order valence-electron chi connectivity index (χ1n) is 7.96. The third kappa shape index (κ3) is 5.42. The van der Waals surface area contributed by atoms with Crippen LogP contribution in [-0.2, 0) is 16.1 Å². The molecule has 7 nitrogen and oxygen atoms in total. The van der Waals surface area contributed by atoms with Gasteiger partial charge in [0, 0.05) is 0 Å². The van der Waals surface area contributed by atoms with E-state index in [1.807, 2.05) is 30.3 Å². The second-order valence-corrected chi connectivity index (χ2v) is 6.51. The van der Waals surface area contributed by atoms with E-state index in [1.54, 1.807) is 6.92 Å². The third-order valence-electron chi connectivity index (χ3n) is 4.18. The average Bonchev–Trinajstić information content (AvgIpc) is 2.51. The quantitative estimate of drug-likeness (QED) is 0.704. The van der Waals surface area contributed by atoms with Crippen LogP contribution in [0.25, 0.3) is 0 Å². The van der Waals surface area contributed by atoms with Crippen LogP contribution in [0.2, 0.25) is 0 Å². The first-order valence-corrected chi connectivity index (χ1v) is 7.96. The predicted molar refractivity (Wildman–Crippen MR) is 87.1 cm³/mol. The van der Waals surface area contributed by atoms with E-state index in [0.717, 1.165) is 5.56 Å². The highest BCUT2D eigenvalue weighted by atomic mass is 16.6. The number of hydrogen-bond acceptors (Lipinski definition) is 5. The van der Waals surface area contributed by atoms with Crippen LogP contribution in [0, 0.1) is 5.92 Å². The number of rotatable bonds is 7. The molecule has 1 atom stereocenters. The van der Waals surface area contributed by atoms with Gasteiger partial charge < -0.3 is 25.6 Å². The maximum atomic E-state index is 12.0. The summed E-state index contributed by atoms with van der Waals surface area (Å²) in [7, 11) is 0. The van der Waals surface area contributed by atoms with Gasteiger partial charge in [0.15, 0.2) is 0 Å². The fourth-order valence-electron chi connectivity index (χ4n) is 2.90.